The number of hydrogen-bond acceptors (Lipinski definition) is 8. The lowest BCUT2D eigenvalue weighted by Gasteiger charge is -2.20. The molecule has 1 atom stereocenters. The first-order valence-corrected chi connectivity index (χ1v) is 14.2. The Morgan fingerprint density at radius 1 is 0.714 bits per heavy atom. The van der Waals surface area contributed by atoms with Crippen molar-refractivity contribution in [2.45, 2.75) is 25.3 Å². The van der Waals surface area contributed by atoms with Crippen LogP contribution in [0, 0.1) is 0 Å². The molecule has 0 radical (unpaired) electrons. The third-order valence-corrected chi connectivity index (χ3v) is 7.36. The molecule has 4 rings (SSSR count). The fraction of sp³-hybridized carbons (Fsp3) is 0.200. The smallest absolute Gasteiger partial charge is 0.416 e. The highest BCUT2D eigenvalue weighted by Crippen LogP contribution is 2.35. The van der Waals surface area contributed by atoms with E-state index in [1.807, 2.05) is 0 Å². The first-order valence-electron chi connectivity index (χ1n) is 13.5. The predicted molar refractivity (Wildman–Crippen MR) is 158 cm³/mol. The molecule has 2 N–H and O–H groups in total. The molecule has 11 nitrogen and oxygen atoms in total. The van der Waals surface area contributed by atoms with Gasteiger partial charge in [-0.1, -0.05) is 23.2 Å². The van der Waals surface area contributed by atoms with Gasteiger partial charge in [0.1, 0.15) is 6.04 Å². The van der Waals surface area contributed by atoms with Crippen molar-refractivity contribution < 1.29 is 64.6 Å². The van der Waals surface area contributed by atoms with Crippen LogP contribution >= 0.6 is 23.2 Å². The fourth-order valence-electron chi connectivity index (χ4n) is 4.28. The van der Waals surface area contributed by atoms with Crippen molar-refractivity contribution in [2.75, 3.05) is 23.8 Å². The number of rotatable bonds is 9. The van der Waals surface area contributed by atoms with Crippen molar-refractivity contribution >= 4 is 70.1 Å². The van der Waals surface area contributed by atoms with Crippen molar-refractivity contribution in [2.24, 2.45) is 0 Å². The van der Waals surface area contributed by atoms with Crippen molar-refractivity contribution in [3.8, 4) is 0 Å². The number of ether oxygens (including phenoxy) is 2. The Hall–Kier alpha value is -5.16. The lowest BCUT2D eigenvalue weighted by Crippen LogP contribution is -2.44. The summed E-state index contributed by atoms with van der Waals surface area (Å²) in [7, 11) is 0. The third-order valence-electron chi connectivity index (χ3n) is 6.70. The number of amides is 4. The summed E-state index contributed by atoms with van der Waals surface area (Å²) in [5, 5.41) is 3.69. The van der Waals surface area contributed by atoms with Gasteiger partial charge in [0, 0.05) is 0 Å². The monoisotopic (exact) mass is 733 g/mol. The summed E-state index contributed by atoms with van der Waals surface area (Å²) in [5.41, 5.74) is -3.89. The normalized spacial score (nSPS) is 13.4. The maximum Gasteiger partial charge on any atom is 0.416 e. The summed E-state index contributed by atoms with van der Waals surface area (Å²) < 4.78 is 87.5. The van der Waals surface area contributed by atoms with Gasteiger partial charge in [0.05, 0.1) is 49.2 Å². The van der Waals surface area contributed by atoms with Crippen molar-refractivity contribution in [1.82, 2.24) is 4.90 Å². The Morgan fingerprint density at radius 3 is 1.67 bits per heavy atom. The Kier molecular flexibility index (Phi) is 10.6. The summed E-state index contributed by atoms with van der Waals surface area (Å²) in [5.74, 6) is -6.55. The first kappa shape index (κ1) is 36.7. The van der Waals surface area contributed by atoms with Crippen LogP contribution < -0.4 is 10.6 Å². The second-order valence-electron chi connectivity index (χ2n) is 10.1. The molecular weight excluding hydrogens is 715 g/mol. The van der Waals surface area contributed by atoms with Gasteiger partial charge in [-0.3, -0.25) is 24.1 Å². The summed E-state index contributed by atoms with van der Waals surface area (Å²) in [4.78, 5) is 76.1. The maximum absolute atomic E-state index is 13.1. The minimum atomic E-state index is -4.73. The van der Waals surface area contributed by atoms with Crippen LogP contribution in [0.2, 0.25) is 10.0 Å². The number of halogens is 8. The van der Waals surface area contributed by atoms with Gasteiger partial charge in [0.2, 0.25) is 0 Å². The van der Waals surface area contributed by atoms with E-state index in [2.05, 4.69) is 10.6 Å². The minimum Gasteiger partial charge on any atom is -0.454 e. The molecule has 19 heteroatoms. The van der Waals surface area contributed by atoms with Crippen molar-refractivity contribution in [3.05, 3.63) is 92.5 Å². The number of imide groups is 1. The second kappa shape index (κ2) is 14.1. The quantitative estimate of drug-likeness (QED) is 0.155. The molecule has 3 aromatic rings. The van der Waals surface area contributed by atoms with E-state index in [1.165, 1.54) is 0 Å². The van der Waals surface area contributed by atoms with Crippen LogP contribution in [0.3, 0.4) is 0 Å². The lowest BCUT2D eigenvalue weighted by atomic mass is 10.1. The minimum absolute atomic E-state index is 0.222. The molecule has 3 aromatic carbocycles. The molecule has 1 aliphatic rings. The molecule has 1 unspecified atom stereocenters. The zero-order valence-corrected chi connectivity index (χ0v) is 25.9. The Labute approximate surface area is 281 Å². The highest BCUT2D eigenvalue weighted by atomic mass is 35.5. The maximum atomic E-state index is 13.1. The summed E-state index contributed by atoms with van der Waals surface area (Å²) in [6, 6.07) is 5.84. The molecule has 1 aliphatic heterocycles. The van der Waals surface area contributed by atoms with E-state index >= 15 is 0 Å². The zero-order valence-electron chi connectivity index (χ0n) is 24.4. The standard InChI is InChI=1S/C30H19Cl2F6N3O8/c1-13(27(46)48-11-23(42)39-21-9-15(29(33,34)35)3-6-19(21)31)41-25(44)17-5-2-14(8-18(17)26(41)45)28(47)49-12-24(43)40-22-10-16(30(36,37)38)4-7-20(22)32/h2-10,13H,11-12H2,1H3,(H,39,42)(H,40,43). The van der Waals surface area contributed by atoms with Gasteiger partial charge in [-0.2, -0.15) is 26.3 Å². The van der Waals surface area contributed by atoms with E-state index in [4.69, 9.17) is 32.7 Å². The van der Waals surface area contributed by atoms with Crippen LogP contribution in [0.1, 0.15) is 49.1 Å². The van der Waals surface area contributed by atoms with Gasteiger partial charge in [0.25, 0.3) is 23.6 Å². The highest BCUT2D eigenvalue weighted by Gasteiger charge is 2.42. The van der Waals surface area contributed by atoms with E-state index < -0.39 is 89.7 Å². The average molecular weight is 734 g/mol. The van der Waals surface area contributed by atoms with E-state index in [9.17, 15) is 55.1 Å². The van der Waals surface area contributed by atoms with Gasteiger partial charge in [-0.15, -0.1) is 0 Å². The molecule has 258 valence electrons. The number of anilines is 2. The number of carbonyl (C=O) groups excluding carboxylic acids is 6. The van der Waals surface area contributed by atoms with Gasteiger partial charge in [-0.25, -0.2) is 9.59 Å². The largest absolute Gasteiger partial charge is 0.454 e. The van der Waals surface area contributed by atoms with E-state index in [-0.39, 0.29) is 26.7 Å². The molecule has 1 heterocycles. The van der Waals surface area contributed by atoms with Crippen LogP contribution in [0.5, 0.6) is 0 Å². The number of fused-ring (bicyclic) bond motifs is 1. The van der Waals surface area contributed by atoms with Crippen LogP contribution in [0.4, 0.5) is 37.7 Å². The van der Waals surface area contributed by atoms with E-state index in [0.29, 0.717) is 29.2 Å². The predicted octanol–water partition coefficient (Wildman–Crippen LogP) is 5.99. The van der Waals surface area contributed by atoms with Crippen LogP contribution in [-0.2, 0) is 36.2 Å². The van der Waals surface area contributed by atoms with Crippen molar-refractivity contribution in [1.29, 1.82) is 0 Å². The number of nitrogens with one attached hydrogen (secondary N) is 2. The lowest BCUT2D eigenvalue weighted by molar-refractivity contribution is -0.150. The number of carbonyl (C=O) groups is 6. The highest BCUT2D eigenvalue weighted by molar-refractivity contribution is 6.34. The number of esters is 2. The molecule has 0 spiro atoms. The fourth-order valence-corrected chi connectivity index (χ4v) is 4.61. The average Bonchev–Trinajstić information content (AvgIpc) is 3.27. The molecule has 0 aliphatic carbocycles. The Bertz CT molecular complexity index is 1880. The summed E-state index contributed by atoms with van der Waals surface area (Å²) >= 11 is 11.7. The Morgan fingerprint density at radius 2 is 1.18 bits per heavy atom. The van der Waals surface area contributed by atoms with Gasteiger partial charge >= 0.3 is 24.3 Å². The molecule has 49 heavy (non-hydrogen) atoms. The second-order valence-corrected chi connectivity index (χ2v) is 10.9. The number of nitrogens with zero attached hydrogens (tertiary/aromatic N) is 1. The number of hydrogen-bond donors (Lipinski definition) is 2. The SMILES string of the molecule is CC(C(=O)OCC(=O)Nc1cc(C(F)(F)F)ccc1Cl)N1C(=O)c2ccc(C(=O)OCC(=O)Nc3cc(C(F)(F)F)ccc3Cl)cc2C1=O. The molecule has 4 amide bonds. The van der Waals surface area contributed by atoms with Gasteiger partial charge < -0.3 is 20.1 Å². The topological polar surface area (TPSA) is 148 Å². The van der Waals surface area contributed by atoms with E-state index in [1.54, 1.807) is 0 Å². The van der Waals surface area contributed by atoms with Crippen molar-refractivity contribution in [3.63, 3.8) is 0 Å². The molecule has 0 fully saturated rings. The molecule has 0 aromatic heterocycles. The molecule has 0 saturated heterocycles. The molecular formula is C30H19Cl2F6N3O8. The van der Waals surface area contributed by atoms with Crippen LogP contribution in [-0.4, -0.2) is 59.7 Å². The number of alkyl halides is 6. The van der Waals surface area contributed by atoms with Crippen LogP contribution in [0.15, 0.2) is 54.6 Å². The van der Waals surface area contributed by atoms with E-state index in [0.717, 1.165) is 37.3 Å². The molecule has 0 bridgehead atoms. The van der Waals surface area contributed by atoms with Gasteiger partial charge in [-0.05, 0) is 61.5 Å². The Balaban J connectivity index is 1.35. The first-order chi connectivity index (χ1) is 22.8. The molecule has 0 saturated carbocycles. The van der Waals surface area contributed by atoms with Gasteiger partial charge in [0.15, 0.2) is 13.2 Å². The summed E-state index contributed by atoms with van der Waals surface area (Å²) in [6.07, 6.45) is -9.45. The number of benzene rings is 3. The summed E-state index contributed by atoms with van der Waals surface area (Å²) in [6.45, 7) is -0.906. The van der Waals surface area contributed by atoms with Crippen LogP contribution in [0.25, 0.3) is 0 Å². The third kappa shape index (κ3) is 8.47. The zero-order chi connectivity index (χ0) is 36.4.